The van der Waals surface area contributed by atoms with E-state index in [2.05, 4.69) is 106 Å². The van der Waals surface area contributed by atoms with Crippen LogP contribution in [0.25, 0.3) is 0 Å². The molecule has 0 aromatic carbocycles. The smallest absolute Gasteiger partial charge is 0.306 e. The molecule has 0 saturated carbocycles. The molecule has 83 heavy (non-hydrogen) atoms. The van der Waals surface area contributed by atoms with Crippen molar-refractivity contribution < 1.29 is 28.6 Å². The summed E-state index contributed by atoms with van der Waals surface area (Å²) in [6.07, 6.45) is 94.9. The largest absolute Gasteiger partial charge is 0.462 e. The Labute approximate surface area is 515 Å². The van der Waals surface area contributed by atoms with Gasteiger partial charge in [0, 0.05) is 19.3 Å². The minimum atomic E-state index is -0.797. The fourth-order valence-corrected chi connectivity index (χ4v) is 10.5. The highest BCUT2D eigenvalue weighted by atomic mass is 16.6. The average Bonchev–Trinajstić information content (AvgIpc) is 3.50. The molecule has 0 radical (unpaired) electrons. The van der Waals surface area contributed by atoms with E-state index in [1.165, 1.54) is 238 Å². The normalized spacial score (nSPS) is 12.6. The fourth-order valence-electron chi connectivity index (χ4n) is 10.5. The van der Waals surface area contributed by atoms with Gasteiger partial charge in [-0.05, 0) is 116 Å². The number of hydrogen-bond donors (Lipinski definition) is 0. The maximum absolute atomic E-state index is 12.9. The highest BCUT2D eigenvalue weighted by Gasteiger charge is 2.19. The molecule has 0 fully saturated rings. The van der Waals surface area contributed by atoms with Crippen LogP contribution in [0.15, 0.2) is 85.1 Å². The number of esters is 3. The lowest BCUT2D eigenvalue weighted by molar-refractivity contribution is -0.167. The molecule has 0 N–H and O–H groups in total. The Morgan fingerprint density at radius 1 is 0.253 bits per heavy atom. The molecule has 0 aliphatic carbocycles. The van der Waals surface area contributed by atoms with Crippen molar-refractivity contribution in [1.29, 1.82) is 0 Å². The van der Waals surface area contributed by atoms with Gasteiger partial charge in [-0.2, -0.15) is 0 Å². The van der Waals surface area contributed by atoms with E-state index in [0.29, 0.717) is 19.3 Å². The highest BCUT2D eigenvalue weighted by molar-refractivity contribution is 5.71. The van der Waals surface area contributed by atoms with Crippen LogP contribution in [0.1, 0.15) is 367 Å². The van der Waals surface area contributed by atoms with Gasteiger partial charge in [0.1, 0.15) is 13.2 Å². The van der Waals surface area contributed by atoms with Crippen LogP contribution in [-0.2, 0) is 28.6 Å². The number of ether oxygens (including phenoxy) is 3. The molecule has 0 rings (SSSR count). The topological polar surface area (TPSA) is 78.9 Å². The third kappa shape index (κ3) is 69.3. The van der Waals surface area contributed by atoms with E-state index in [-0.39, 0.29) is 31.1 Å². The summed E-state index contributed by atoms with van der Waals surface area (Å²) in [5.74, 6) is -0.919. The molecule has 0 bridgehead atoms. The maximum atomic E-state index is 12.9. The molecule has 0 heterocycles. The Morgan fingerprint density at radius 3 is 0.795 bits per heavy atom. The van der Waals surface area contributed by atoms with Crippen LogP contribution in [-0.4, -0.2) is 37.2 Å². The lowest BCUT2D eigenvalue weighted by Gasteiger charge is -2.18. The van der Waals surface area contributed by atoms with E-state index in [9.17, 15) is 14.4 Å². The Kier molecular flexibility index (Phi) is 68.2. The first kappa shape index (κ1) is 79.6. The average molecular weight is 1160 g/mol. The van der Waals surface area contributed by atoms with E-state index in [1.54, 1.807) is 0 Å². The molecule has 1 unspecified atom stereocenters. The summed E-state index contributed by atoms with van der Waals surface area (Å²) in [4.78, 5) is 38.4. The van der Waals surface area contributed by atoms with Crippen LogP contribution in [0.4, 0.5) is 0 Å². The molecule has 0 amide bonds. The van der Waals surface area contributed by atoms with E-state index in [0.717, 1.165) is 89.9 Å². The lowest BCUT2D eigenvalue weighted by atomic mass is 10.0. The van der Waals surface area contributed by atoms with E-state index < -0.39 is 6.10 Å². The van der Waals surface area contributed by atoms with Gasteiger partial charge >= 0.3 is 17.9 Å². The fraction of sp³-hybridized carbons (Fsp3) is 0.779. The molecule has 0 spiro atoms. The van der Waals surface area contributed by atoms with Crippen molar-refractivity contribution >= 4 is 17.9 Å². The third-order valence-electron chi connectivity index (χ3n) is 15.9. The van der Waals surface area contributed by atoms with Gasteiger partial charge in [-0.15, -0.1) is 0 Å². The third-order valence-corrected chi connectivity index (χ3v) is 15.9. The van der Waals surface area contributed by atoms with Crippen LogP contribution in [0.2, 0.25) is 0 Å². The zero-order chi connectivity index (χ0) is 59.9. The van der Waals surface area contributed by atoms with Gasteiger partial charge in [-0.3, -0.25) is 14.4 Å². The van der Waals surface area contributed by atoms with Crippen molar-refractivity contribution in [3.05, 3.63) is 85.1 Å². The van der Waals surface area contributed by atoms with Crippen LogP contribution < -0.4 is 0 Å². The molecule has 480 valence electrons. The molecular formula is C77H136O6. The lowest BCUT2D eigenvalue weighted by Crippen LogP contribution is -2.30. The monoisotopic (exact) mass is 1160 g/mol. The summed E-state index contributed by atoms with van der Waals surface area (Å²) >= 11 is 0. The number of unbranched alkanes of at least 4 members (excludes halogenated alkanes) is 41. The molecule has 0 saturated heterocycles. The van der Waals surface area contributed by atoms with E-state index in [4.69, 9.17) is 14.2 Å². The zero-order valence-corrected chi connectivity index (χ0v) is 55.2. The van der Waals surface area contributed by atoms with Crippen molar-refractivity contribution in [2.75, 3.05) is 13.2 Å². The second kappa shape index (κ2) is 71.1. The van der Waals surface area contributed by atoms with Gasteiger partial charge in [0.2, 0.25) is 0 Å². The molecule has 0 aliphatic rings. The maximum Gasteiger partial charge on any atom is 0.306 e. The Morgan fingerprint density at radius 2 is 0.470 bits per heavy atom. The van der Waals surface area contributed by atoms with Gasteiger partial charge < -0.3 is 14.2 Å². The highest BCUT2D eigenvalue weighted by Crippen LogP contribution is 2.18. The second-order valence-electron chi connectivity index (χ2n) is 24.1. The summed E-state index contributed by atoms with van der Waals surface area (Å²) in [5, 5.41) is 0. The van der Waals surface area contributed by atoms with E-state index in [1.807, 2.05) is 0 Å². The van der Waals surface area contributed by atoms with Gasteiger partial charge in [0.25, 0.3) is 0 Å². The first-order valence-electron chi connectivity index (χ1n) is 36.1. The van der Waals surface area contributed by atoms with Crippen molar-refractivity contribution in [3.8, 4) is 0 Å². The second-order valence-corrected chi connectivity index (χ2v) is 24.1. The van der Waals surface area contributed by atoms with Gasteiger partial charge in [-0.1, -0.05) is 318 Å². The molecular weight excluding hydrogens is 1020 g/mol. The van der Waals surface area contributed by atoms with Gasteiger partial charge in [0.15, 0.2) is 6.10 Å². The Bertz CT molecular complexity index is 1570. The predicted molar refractivity (Wildman–Crippen MR) is 362 cm³/mol. The number of allylic oxidation sites excluding steroid dienone is 14. The number of carbonyl (C=O) groups is 3. The summed E-state index contributed by atoms with van der Waals surface area (Å²) in [6, 6.07) is 0. The van der Waals surface area contributed by atoms with Crippen LogP contribution >= 0.6 is 0 Å². The quantitative estimate of drug-likeness (QED) is 0.0261. The van der Waals surface area contributed by atoms with Crippen molar-refractivity contribution in [3.63, 3.8) is 0 Å². The zero-order valence-electron chi connectivity index (χ0n) is 55.2. The van der Waals surface area contributed by atoms with Crippen molar-refractivity contribution in [2.45, 2.75) is 374 Å². The summed E-state index contributed by atoms with van der Waals surface area (Å²) < 4.78 is 16.9. The first-order valence-corrected chi connectivity index (χ1v) is 36.1. The molecule has 6 nitrogen and oxygen atoms in total. The summed E-state index contributed by atoms with van der Waals surface area (Å²) in [6.45, 7) is 6.51. The standard InChI is InChI=1S/C77H136O6/c1-4-7-10-13-16-19-22-25-28-30-32-33-34-35-36-37-38-39-40-41-42-43-45-46-49-52-55-58-61-64-67-70-76(79)82-73-74(72-81-75(78)69-66-63-60-57-54-51-48-27-24-21-18-15-12-9-6-3)83-77(80)71-68-65-62-59-56-53-50-47-44-31-29-26-23-20-17-14-11-8-5-2/h9,12,17-18,20-21,26-27,29-30,32,48,54,57,74H,4-8,10-11,13-16,19,22-25,28,31,33-47,49-53,55-56,58-73H2,1-3H3/b12-9-,20-17-,21-18-,29-26-,32-30-,48-27-,57-54-. The van der Waals surface area contributed by atoms with Crippen molar-refractivity contribution in [1.82, 2.24) is 0 Å². The van der Waals surface area contributed by atoms with Gasteiger partial charge in [0.05, 0.1) is 0 Å². The molecule has 0 aromatic rings. The minimum Gasteiger partial charge on any atom is -0.462 e. The molecule has 6 heteroatoms. The molecule has 0 aliphatic heterocycles. The predicted octanol–water partition coefficient (Wildman–Crippen LogP) is 25.0. The van der Waals surface area contributed by atoms with Crippen LogP contribution in [0.5, 0.6) is 0 Å². The molecule has 1 atom stereocenters. The Hall–Kier alpha value is -3.41. The van der Waals surface area contributed by atoms with Gasteiger partial charge in [-0.25, -0.2) is 0 Å². The summed E-state index contributed by atoms with van der Waals surface area (Å²) in [7, 11) is 0. The van der Waals surface area contributed by atoms with Crippen molar-refractivity contribution in [2.24, 2.45) is 0 Å². The Balaban J connectivity index is 4.24. The van der Waals surface area contributed by atoms with Crippen LogP contribution in [0.3, 0.4) is 0 Å². The van der Waals surface area contributed by atoms with E-state index >= 15 is 0 Å². The number of rotatable bonds is 66. The number of hydrogen-bond acceptors (Lipinski definition) is 6. The first-order chi connectivity index (χ1) is 41.0. The summed E-state index contributed by atoms with van der Waals surface area (Å²) in [5.41, 5.74) is 0. The number of carbonyl (C=O) groups excluding carboxylic acids is 3. The SMILES string of the molecule is CC/C=C\C/C=C\C/C=C\C/C=C\CCCCC(=O)OCC(COC(=O)CCCCCCCCCCCCCCCCCCCCC/C=C\CCCCCCCCCC)OC(=O)CCCCCCCCCCC/C=C\C/C=C\CCCCC. The minimum absolute atomic E-state index is 0.0887. The van der Waals surface area contributed by atoms with Crippen LogP contribution in [0, 0.1) is 0 Å². The molecule has 0 aromatic heterocycles.